The Kier molecular flexibility index (Phi) is 4.23. The Bertz CT molecular complexity index is 922. The van der Waals surface area contributed by atoms with Crippen molar-refractivity contribution in [2.75, 3.05) is 0 Å². The number of nitro groups is 1. The number of rotatable bonds is 3. The van der Waals surface area contributed by atoms with Gasteiger partial charge in [0.2, 0.25) is 0 Å². The summed E-state index contributed by atoms with van der Waals surface area (Å²) in [6.07, 6.45) is 1.13. The molecule has 0 amide bonds. The molecular formula is C15H12N4O4. The van der Waals surface area contributed by atoms with E-state index in [2.05, 4.69) is 5.10 Å². The van der Waals surface area contributed by atoms with Crippen molar-refractivity contribution in [1.82, 2.24) is 4.68 Å². The molecule has 1 aromatic carbocycles. The van der Waals surface area contributed by atoms with Crippen LogP contribution in [0.5, 0.6) is 5.75 Å². The molecule has 1 heterocycles. The van der Waals surface area contributed by atoms with Gasteiger partial charge in [-0.05, 0) is 31.5 Å². The van der Waals surface area contributed by atoms with E-state index in [4.69, 9.17) is 5.26 Å². The molecule has 8 nitrogen and oxygen atoms in total. The Morgan fingerprint density at radius 3 is 2.70 bits per heavy atom. The van der Waals surface area contributed by atoms with Crippen molar-refractivity contribution in [3.8, 4) is 11.8 Å². The van der Waals surface area contributed by atoms with Crippen LogP contribution in [0.3, 0.4) is 0 Å². The zero-order chi connectivity index (χ0) is 17.1. The third-order valence-corrected chi connectivity index (χ3v) is 3.21. The van der Waals surface area contributed by atoms with Gasteiger partial charge < -0.3 is 5.11 Å². The zero-order valence-corrected chi connectivity index (χ0v) is 12.3. The molecule has 1 N–H and O–H groups in total. The lowest BCUT2D eigenvalue weighted by molar-refractivity contribution is -0.384. The minimum atomic E-state index is -0.603. The Balaban J connectivity index is 2.54. The lowest BCUT2D eigenvalue weighted by Gasteiger charge is -2.06. The molecule has 0 radical (unpaired) electrons. The largest absolute Gasteiger partial charge is 0.507 e. The molecule has 2 aromatic rings. The molecule has 0 spiro atoms. The number of phenolic OH excluding ortho intramolecular Hbond substituents is 1. The highest BCUT2D eigenvalue weighted by molar-refractivity contribution is 5.84. The smallest absolute Gasteiger partial charge is 0.289 e. The van der Waals surface area contributed by atoms with Crippen LogP contribution >= 0.6 is 0 Å². The summed E-state index contributed by atoms with van der Waals surface area (Å²) in [6.45, 7) is 3.29. The van der Waals surface area contributed by atoms with Crippen LogP contribution in [-0.4, -0.2) is 20.9 Å². The standard InChI is InChI=1S/C15H12N4O4/c1-9-5-10(2)18(15(21)13(9)7-16)17-8-11-6-12(19(22)23)3-4-14(11)20/h3-6,8,20H,1-2H3/b17-8+. The van der Waals surface area contributed by atoms with Crippen molar-refractivity contribution in [3.05, 3.63) is 67.1 Å². The normalized spacial score (nSPS) is 10.7. The fourth-order valence-corrected chi connectivity index (χ4v) is 2.04. The Morgan fingerprint density at radius 1 is 1.39 bits per heavy atom. The molecule has 0 saturated heterocycles. The first kappa shape index (κ1) is 15.9. The van der Waals surface area contributed by atoms with Crippen molar-refractivity contribution < 1.29 is 10.0 Å². The second-order valence-corrected chi connectivity index (χ2v) is 4.82. The van der Waals surface area contributed by atoms with E-state index in [-0.39, 0.29) is 22.6 Å². The zero-order valence-electron chi connectivity index (χ0n) is 12.3. The number of aromatic nitrogens is 1. The molecule has 2 rings (SSSR count). The molecule has 0 aliphatic heterocycles. The van der Waals surface area contributed by atoms with Gasteiger partial charge >= 0.3 is 0 Å². The van der Waals surface area contributed by atoms with Crippen LogP contribution in [0.15, 0.2) is 34.2 Å². The number of nitriles is 1. The molecule has 116 valence electrons. The molecule has 1 aromatic heterocycles. The van der Waals surface area contributed by atoms with Crippen molar-refractivity contribution >= 4 is 11.9 Å². The van der Waals surface area contributed by atoms with Crippen molar-refractivity contribution in [3.63, 3.8) is 0 Å². The first-order valence-corrected chi connectivity index (χ1v) is 6.50. The minimum Gasteiger partial charge on any atom is -0.507 e. The molecule has 0 aliphatic carbocycles. The van der Waals surface area contributed by atoms with Gasteiger partial charge in [-0.2, -0.15) is 10.4 Å². The molecular weight excluding hydrogens is 300 g/mol. The lowest BCUT2D eigenvalue weighted by atomic mass is 10.1. The highest BCUT2D eigenvalue weighted by Crippen LogP contribution is 2.21. The van der Waals surface area contributed by atoms with Crippen LogP contribution in [0.4, 0.5) is 5.69 Å². The van der Waals surface area contributed by atoms with Crippen molar-refractivity contribution in [2.45, 2.75) is 13.8 Å². The topological polar surface area (TPSA) is 122 Å². The maximum atomic E-state index is 12.2. The number of pyridine rings is 1. The van der Waals surface area contributed by atoms with Crippen LogP contribution in [0, 0.1) is 35.3 Å². The van der Waals surface area contributed by atoms with E-state index in [1.165, 1.54) is 6.07 Å². The van der Waals surface area contributed by atoms with E-state index >= 15 is 0 Å². The first-order chi connectivity index (χ1) is 10.8. The van der Waals surface area contributed by atoms with Crippen LogP contribution in [-0.2, 0) is 0 Å². The summed E-state index contributed by atoms with van der Waals surface area (Å²) in [5.41, 5.74) is 0.286. The average molecular weight is 312 g/mol. The van der Waals surface area contributed by atoms with Crippen LogP contribution < -0.4 is 5.56 Å². The second kappa shape index (κ2) is 6.11. The number of benzene rings is 1. The Morgan fingerprint density at radius 2 is 2.09 bits per heavy atom. The van der Waals surface area contributed by atoms with Crippen LogP contribution in [0.25, 0.3) is 0 Å². The van der Waals surface area contributed by atoms with E-state index in [0.717, 1.165) is 23.0 Å². The van der Waals surface area contributed by atoms with E-state index in [1.54, 1.807) is 19.9 Å². The lowest BCUT2D eigenvalue weighted by Crippen LogP contribution is -2.22. The average Bonchev–Trinajstić information content (AvgIpc) is 2.48. The van der Waals surface area contributed by atoms with Gasteiger partial charge in [0.25, 0.3) is 11.2 Å². The SMILES string of the molecule is Cc1cc(C)n(/N=C/c2cc([N+](=O)[O-])ccc2O)c(=O)c1C#N. The number of non-ortho nitro benzene ring substituents is 1. The van der Waals surface area contributed by atoms with Gasteiger partial charge in [0.1, 0.15) is 17.4 Å². The number of nitro benzene ring substituents is 1. The number of phenols is 1. The summed E-state index contributed by atoms with van der Waals surface area (Å²) in [5.74, 6) is -0.210. The number of hydrogen-bond donors (Lipinski definition) is 1. The summed E-state index contributed by atoms with van der Waals surface area (Å²) >= 11 is 0. The van der Waals surface area contributed by atoms with Gasteiger partial charge in [0.05, 0.1) is 11.1 Å². The van der Waals surface area contributed by atoms with E-state index in [1.807, 2.05) is 6.07 Å². The van der Waals surface area contributed by atoms with Gasteiger partial charge in [0, 0.05) is 23.4 Å². The number of nitrogens with zero attached hydrogens (tertiary/aromatic N) is 4. The third-order valence-electron chi connectivity index (χ3n) is 3.21. The molecule has 0 aliphatic rings. The van der Waals surface area contributed by atoms with Gasteiger partial charge in [-0.3, -0.25) is 14.9 Å². The summed E-state index contributed by atoms with van der Waals surface area (Å²) in [7, 11) is 0. The molecule has 0 atom stereocenters. The van der Waals surface area contributed by atoms with Crippen molar-refractivity contribution in [1.29, 1.82) is 5.26 Å². The minimum absolute atomic E-state index is 0.0315. The third kappa shape index (κ3) is 3.08. The van der Waals surface area contributed by atoms with E-state index < -0.39 is 10.5 Å². The van der Waals surface area contributed by atoms with E-state index in [9.17, 15) is 20.0 Å². The Hall–Kier alpha value is -3.47. The maximum Gasteiger partial charge on any atom is 0.289 e. The summed E-state index contributed by atoms with van der Waals surface area (Å²) in [6, 6.07) is 6.91. The van der Waals surface area contributed by atoms with E-state index in [0.29, 0.717) is 11.3 Å². The van der Waals surface area contributed by atoms with Gasteiger partial charge in [0.15, 0.2) is 0 Å². The highest BCUT2D eigenvalue weighted by Gasteiger charge is 2.11. The van der Waals surface area contributed by atoms with Crippen molar-refractivity contribution in [2.24, 2.45) is 5.10 Å². The predicted molar refractivity (Wildman–Crippen MR) is 82.6 cm³/mol. The predicted octanol–water partition coefficient (Wildman–Crippen LogP) is 1.83. The van der Waals surface area contributed by atoms with Gasteiger partial charge in [-0.25, -0.2) is 4.68 Å². The molecule has 8 heteroatoms. The number of hydrogen-bond acceptors (Lipinski definition) is 6. The molecule has 0 saturated carbocycles. The fraction of sp³-hybridized carbons (Fsp3) is 0.133. The number of aromatic hydroxyl groups is 1. The second-order valence-electron chi connectivity index (χ2n) is 4.82. The van der Waals surface area contributed by atoms with Gasteiger partial charge in [-0.1, -0.05) is 0 Å². The maximum absolute atomic E-state index is 12.2. The molecule has 23 heavy (non-hydrogen) atoms. The van der Waals surface area contributed by atoms with Crippen LogP contribution in [0.1, 0.15) is 22.4 Å². The monoisotopic (exact) mass is 312 g/mol. The quantitative estimate of drug-likeness (QED) is 0.526. The number of aryl methyl sites for hydroxylation is 2. The summed E-state index contributed by atoms with van der Waals surface area (Å²) in [5, 5.41) is 33.4. The highest BCUT2D eigenvalue weighted by atomic mass is 16.6. The molecule has 0 unspecified atom stereocenters. The summed E-state index contributed by atoms with van der Waals surface area (Å²) < 4.78 is 1.00. The van der Waals surface area contributed by atoms with Crippen LogP contribution in [0.2, 0.25) is 0 Å². The molecule has 0 fully saturated rings. The Labute approximate surface area is 130 Å². The first-order valence-electron chi connectivity index (χ1n) is 6.50. The molecule has 0 bridgehead atoms. The van der Waals surface area contributed by atoms with Gasteiger partial charge in [-0.15, -0.1) is 0 Å². The fourth-order valence-electron chi connectivity index (χ4n) is 2.04. The summed E-state index contributed by atoms with van der Waals surface area (Å²) in [4.78, 5) is 22.3.